The molecule has 88 valence electrons. The normalized spacial score (nSPS) is 9.88. The molecule has 1 rings (SSSR count). The van der Waals surface area contributed by atoms with Crippen molar-refractivity contribution in [3.05, 3.63) is 24.2 Å². The molecule has 5 heteroatoms. The van der Waals surface area contributed by atoms with E-state index in [0.29, 0.717) is 18.7 Å². The van der Waals surface area contributed by atoms with Crippen molar-refractivity contribution in [2.45, 2.75) is 13.3 Å². The molecule has 0 atom stereocenters. The van der Waals surface area contributed by atoms with Crippen LogP contribution in [0.25, 0.3) is 0 Å². The molecule has 0 spiro atoms. The third kappa shape index (κ3) is 3.42. The average molecular weight is 225 g/mol. The Morgan fingerprint density at radius 2 is 2.25 bits per heavy atom. The van der Waals surface area contributed by atoms with Gasteiger partial charge in [0.2, 0.25) is 0 Å². The third-order valence-electron chi connectivity index (χ3n) is 2.07. The maximum atomic E-state index is 11.7. The first-order chi connectivity index (χ1) is 7.65. The predicted octanol–water partition coefficient (Wildman–Crippen LogP) is 1.30. The van der Waals surface area contributed by atoms with E-state index in [1.54, 1.807) is 20.0 Å². The highest BCUT2D eigenvalue weighted by atomic mass is 16.5. The fourth-order valence-corrected chi connectivity index (χ4v) is 1.20. The molecule has 0 aliphatic rings. The van der Waals surface area contributed by atoms with Gasteiger partial charge < -0.3 is 14.1 Å². The Morgan fingerprint density at radius 3 is 2.81 bits per heavy atom. The summed E-state index contributed by atoms with van der Waals surface area (Å²) in [7, 11) is 1.63. The molecule has 1 amide bonds. The number of amides is 1. The van der Waals surface area contributed by atoms with Gasteiger partial charge in [-0.15, -0.1) is 0 Å². The van der Waals surface area contributed by atoms with Crippen LogP contribution in [0.15, 0.2) is 23.0 Å². The first kappa shape index (κ1) is 12.3. The molecule has 1 aromatic rings. The molecule has 1 heterocycles. The van der Waals surface area contributed by atoms with Crippen molar-refractivity contribution in [1.29, 1.82) is 0 Å². The fourth-order valence-electron chi connectivity index (χ4n) is 1.20. The van der Waals surface area contributed by atoms with Gasteiger partial charge in [-0.25, -0.2) is 0 Å². The summed E-state index contributed by atoms with van der Waals surface area (Å²) in [4.78, 5) is 24.2. The number of esters is 1. The first-order valence-corrected chi connectivity index (χ1v) is 5.08. The van der Waals surface area contributed by atoms with Gasteiger partial charge in [0.15, 0.2) is 0 Å². The van der Waals surface area contributed by atoms with Gasteiger partial charge in [0.1, 0.15) is 6.26 Å². The molecule has 0 N–H and O–H groups in total. The van der Waals surface area contributed by atoms with E-state index in [4.69, 9.17) is 9.15 Å². The van der Waals surface area contributed by atoms with Crippen LogP contribution in [0.1, 0.15) is 23.7 Å². The van der Waals surface area contributed by atoms with Gasteiger partial charge in [-0.3, -0.25) is 9.59 Å². The summed E-state index contributed by atoms with van der Waals surface area (Å²) in [5.41, 5.74) is 0.478. The summed E-state index contributed by atoms with van der Waals surface area (Å²) in [5.74, 6) is -0.465. The molecule has 0 aliphatic heterocycles. The molecular weight excluding hydrogens is 210 g/mol. The van der Waals surface area contributed by atoms with Crippen LogP contribution in [0.2, 0.25) is 0 Å². The number of ether oxygens (including phenoxy) is 1. The van der Waals surface area contributed by atoms with Crippen molar-refractivity contribution >= 4 is 11.9 Å². The van der Waals surface area contributed by atoms with E-state index in [-0.39, 0.29) is 18.3 Å². The second-order valence-electron chi connectivity index (χ2n) is 3.29. The molecule has 0 saturated carbocycles. The highest BCUT2D eigenvalue weighted by Crippen LogP contribution is 2.04. The number of carbonyl (C=O) groups is 2. The average Bonchev–Trinajstić information content (AvgIpc) is 2.78. The zero-order valence-electron chi connectivity index (χ0n) is 9.43. The van der Waals surface area contributed by atoms with Crippen molar-refractivity contribution in [3.63, 3.8) is 0 Å². The second kappa shape index (κ2) is 5.95. The number of nitrogens with zero attached hydrogens (tertiary/aromatic N) is 1. The smallest absolute Gasteiger partial charge is 0.307 e. The Balaban J connectivity index is 2.38. The fraction of sp³-hybridized carbons (Fsp3) is 0.455. The zero-order valence-corrected chi connectivity index (χ0v) is 9.43. The van der Waals surface area contributed by atoms with Gasteiger partial charge in [0.25, 0.3) is 5.91 Å². The molecule has 0 fully saturated rings. The topological polar surface area (TPSA) is 59.8 Å². The highest BCUT2D eigenvalue weighted by Gasteiger charge is 2.13. The summed E-state index contributed by atoms with van der Waals surface area (Å²) in [6, 6.07) is 1.59. The van der Waals surface area contributed by atoms with E-state index in [9.17, 15) is 9.59 Å². The largest absolute Gasteiger partial charge is 0.472 e. The van der Waals surface area contributed by atoms with Crippen LogP contribution in [0, 0.1) is 0 Å². The van der Waals surface area contributed by atoms with Gasteiger partial charge in [-0.1, -0.05) is 0 Å². The summed E-state index contributed by atoms with van der Waals surface area (Å²) >= 11 is 0. The van der Waals surface area contributed by atoms with Crippen LogP contribution in [0.3, 0.4) is 0 Å². The molecular formula is C11H15NO4. The summed E-state index contributed by atoms with van der Waals surface area (Å²) < 4.78 is 9.58. The zero-order chi connectivity index (χ0) is 12.0. The third-order valence-corrected chi connectivity index (χ3v) is 2.07. The van der Waals surface area contributed by atoms with Crippen molar-refractivity contribution < 1.29 is 18.7 Å². The summed E-state index contributed by atoms with van der Waals surface area (Å²) in [6.45, 7) is 2.44. The lowest BCUT2D eigenvalue weighted by Gasteiger charge is -2.15. The van der Waals surface area contributed by atoms with Crippen molar-refractivity contribution in [2.24, 2.45) is 0 Å². The molecule has 0 aromatic carbocycles. The van der Waals surface area contributed by atoms with Crippen LogP contribution in [-0.4, -0.2) is 37.0 Å². The monoisotopic (exact) mass is 225 g/mol. The van der Waals surface area contributed by atoms with E-state index in [0.717, 1.165) is 0 Å². The van der Waals surface area contributed by atoms with Crippen molar-refractivity contribution in [2.75, 3.05) is 20.2 Å². The Labute approximate surface area is 94.0 Å². The summed E-state index contributed by atoms with van der Waals surface area (Å²) in [6.07, 6.45) is 3.02. The van der Waals surface area contributed by atoms with Crippen LogP contribution >= 0.6 is 0 Å². The quantitative estimate of drug-likeness (QED) is 0.709. The lowest BCUT2D eigenvalue weighted by atomic mass is 10.3. The van der Waals surface area contributed by atoms with Gasteiger partial charge in [-0.05, 0) is 13.0 Å². The maximum Gasteiger partial charge on any atom is 0.307 e. The minimum Gasteiger partial charge on any atom is -0.472 e. The molecule has 16 heavy (non-hydrogen) atoms. The highest BCUT2D eigenvalue weighted by molar-refractivity contribution is 5.93. The number of hydrogen-bond acceptors (Lipinski definition) is 4. The Bertz CT molecular complexity index is 345. The molecule has 1 aromatic heterocycles. The molecule has 0 saturated heterocycles. The van der Waals surface area contributed by atoms with Crippen LogP contribution < -0.4 is 0 Å². The minimum absolute atomic E-state index is 0.168. The molecule has 5 nitrogen and oxygen atoms in total. The van der Waals surface area contributed by atoms with E-state index in [1.165, 1.54) is 17.4 Å². The van der Waals surface area contributed by atoms with Crippen LogP contribution in [0.5, 0.6) is 0 Å². The number of furan rings is 1. The minimum atomic E-state index is -0.297. The van der Waals surface area contributed by atoms with Gasteiger partial charge in [-0.2, -0.15) is 0 Å². The van der Waals surface area contributed by atoms with E-state index in [2.05, 4.69) is 0 Å². The number of rotatable bonds is 5. The predicted molar refractivity (Wildman–Crippen MR) is 56.9 cm³/mol. The van der Waals surface area contributed by atoms with Crippen molar-refractivity contribution in [1.82, 2.24) is 4.90 Å². The van der Waals surface area contributed by atoms with Crippen molar-refractivity contribution in [3.8, 4) is 0 Å². The SMILES string of the molecule is CCOC(=O)CCN(C)C(=O)c1ccoc1. The van der Waals surface area contributed by atoms with Gasteiger partial charge in [0.05, 0.1) is 24.9 Å². The van der Waals surface area contributed by atoms with Crippen LogP contribution in [0.4, 0.5) is 0 Å². The van der Waals surface area contributed by atoms with E-state index >= 15 is 0 Å². The van der Waals surface area contributed by atoms with Crippen LogP contribution in [-0.2, 0) is 9.53 Å². The summed E-state index contributed by atoms with van der Waals surface area (Å²) in [5, 5.41) is 0. The standard InChI is InChI=1S/C11H15NO4/c1-3-16-10(13)4-6-12(2)11(14)9-5-7-15-8-9/h5,7-8H,3-4,6H2,1-2H3. The van der Waals surface area contributed by atoms with E-state index < -0.39 is 0 Å². The van der Waals surface area contributed by atoms with Gasteiger partial charge >= 0.3 is 5.97 Å². The van der Waals surface area contributed by atoms with E-state index in [1.807, 2.05) is 0 Å². The number of hydrogen-bond donors (Lipinski definition) is 0. The first-order valence-electron chi connectivity index (χ1n) is 5.08. The molecule has 0 radical (unpaired) electrons. The lowest BCUT2D eigenvalue weighted by Crippen LogP contribution is -2.29. The maximum absolute atomic E-state index is 11.7. The molecule has 0 bridgehead atoms. The second-order valence-corrected chi connectivity index (χ2v) is 3.29. The molecule has 0 aliphatic carbocycles. The van der Waals surface area contributed by atoms with Gasteiger partial charge in [0, 0.05) is 13.6 Å². The molecule has 0 unspecified atom stereocenters. The lowest BCUT2D eigenvalue weighted by molar-refractivity contribution is -0.143. The Hall–Kier alpha value is -1.78. The number of carbonyl (C=O) groups excluding carboxylic acids is 2. The Kier molecular flexibility index (Phi) is 4.57. The Morgan fingerprint density at radius 1 is 1.50 bits per heavy atom.